The zero-order chi connectivity index (χ0) is 11.6. The quantitative estimate of drug-likeness (QED) is 0.684. The van der Waals surface area contributed by atoms with Gasteiger partial charge in [-0.2, -0.15) is 0 Å². The lowest BCUT2D eigenvalue weighted by Crippen LogP contribution is -2.63. The van der Waals surface area contributed by atoms with Gasteiger partial charge in [0, 0.05) is 19.6 Å². The Bertz CT molecular complexity index is 213. The maximum absolute atomic E-state index is 2.63. The molecule has 94 valence electrons. The van der Waals surface area contributed by atoms with Crippen molar-refractivity contribution in [3.63, 3.8) is 0 Å². The standard InChI is InChI=1S/C14H28N2/c1-4-7-15(5-2)10-13-8-14(9-13)11-16(6-3)12-14/h13H,4-12H2,1-3H3. The van der Waals surface area contributed by atoms with E-state index in [-0.39, 0.29) is 0 Å². The van der Waals surface area contributed by atoms with Crippen molar-refractivity contribution >= 4 is 0 Å². The SMILES string of the molecule is CCCN(CC)CC1CC2(C1)CN(CC)C2. The van der Waals surface area contributed by atoms with Crippen LogP contribution >= 0.6 is 0 Å². The van der Waals surface area contributed by atoms with Gasteiger partial charge >= 0.3 is 0 Å². The second kappa shape index (κ2) is 5.05. The first-order valence-corrected chi connectivity index (χ1v) is 7.16. The first-order valence-electron chi connectivity index (χ1n) is 7.16. The van der Waals surface area contributed by atoms with E-state index in [1.807, 2.05) is 0 Å². The van der Waals surface area contributed by atoms with Crippen LogP contribution in [-0.2, 0) is 0 Å². The van der Waals surface area contributed by atoms with Crippen molar-refractivity contribution < 1.29 is 0 Å². The molecule has 1 saturated carbocycles. The van der Waals surface area contributed by atoms with Gasteiger partial charge in [-0.15, -0.1) is 0 Å². The highest BCUT2D eigenvalue weighted by molar-refractivity contribution is 5.04. The van der Waals surface area contributed by atoms with E-state index in [1.54, 1.807) is 0 Å². The average molecular weight is 224 g/mol. The zero-order valence-corrected chi connectivity index (χ0v) is 11.3. The van der Waals surface area contributed by atoms with Crippen LogP contribution in [0.1, 0.15) is 40.0 Å². The maximum Gasteiger partial charge on any atom is 0.00506 e. The number of rotatable bonds is 6. The Morgan fingerprint density at radius 1 is 1.19 bits per heavy atom. The molecule has 1 heterocycles. The molecule has 1 aliphatic heterocycles. The molecule has 0 amide bonds. The zero-order valence-electron chi connectivity index (χ0n) is 11.3. The first-order chi connectivity index (χ1) is 7.71. The summed E-state index contributed by atoms with van der Waals surface area (Å²) in [6.45, 7) is 14.8. The second-order valence-corrected chi connectivity index (χ2v) is 5.97. The number of likely N-dealkylation sites (tertiary alicyclic amines) is 1. The Labute approximate surface area is 101 Å². The molecule has 1 saturated heterocycles. The van der Waals surface area contributed by atoms with E-state index in [2.05, 4.69) is 30.6 Å². The summed E-state index contributed by atoms with van der Waals surface area (Å²) >= 11 is 0. The molecule has 2 aliphatic rings. The van der Waals surface area contributed by atoms with Crippen LogP contribution < -0.4 is 0 Å². The van der Waals surface area contributed by atoms with E-state index in [9.17, 15) is 0 Å². The van der Waals surface area contributed by atoms with Gasteiger partial charge in [-0.1, -0.05) is 20.8 Å². The summed E-state index contributed by atoms with van der Waals surface area (Å²) < 4.78 is 0. The number of hydrogen-bond donors (Lipinski definition) is 0. The fourth-order valence-electron chi connectivity index (χ4n) is 3.74. The van der Waals surface area contributed by atoms with Crippen molar-refractivity contribution in [2.24, 2.45) is 11.3 Å². The summed E-state index contributed by atoms with van der Waals surface area (Å²) in [7, 11) is 0. The van der Waals surface area contributed by atoms with E-state index < -0.39 is 0 Å². The maximum atomic E-state index is 2.63. The molecule has 2 nitrogen and oxygen atoms in total. The number of nitrogens with zero attached hydrogens (tertiary/aromatic N) is 2. The van der Waals surface area contributed by atoms with Gasteiger partial charge in [-0.05, 0) is 50.2 Å². The van der Waals surface area contributed by atoms with Crippen LogP contribution in [0, 0.1) is 11.3 Å². The highest BCUT2D eigenvalue weighted by Gasteiger charge is 2.51. The Kier molecular flexibility index (Phi) is 3.91. The Balaban J connectivity index is 1.65. The number of hydrogen-bond acceptors (Lipinski definition) is 2. The molecule has 0 aromatic heterocycles. The lowest BCUT2D eigenvalue weighted by atomic mass is 9.57. The fraction of sp³-hybridized carbons (Fsp3) is 1.00. The molecule has 2 heteroatoms. The summed E-state index contributed by atoms with van der Waals surface area (Å²) in [6.07, 6.45) is 4.31. The lowest BCUT2D eigenvalue weighted by molar-refractivity contribution is -0.0977. The minimum atomic E-state index is 0.770. The van der Waals surface area contributed by atoms with E-state index in [0.717, 1.165) is 11.3 Å². The summed E-state index contributed by atoms with van der Waals surface area (Å²) in [5.41, 5.74) is 0.770. The van der Waals surface area contributed by atoms with Crippen molar-refractivity contribution in [3.8, 4) is 0 Å². The van der Waals surface area contributed by atoms with Crippen molar-refractivity contribution in [1.82, 2.24) is 9.80 Å². The topological polar surface area (TPSA) is 6.48 Å². The van der Waals surface area contributed by atoms with Gasteiger partial charge in [0.15, 0.2) is 0 Å². The highest BCUT2D eigenvalue weighted by Crippen LogP contribution is 2.51. The van der Waals surface area contributed by atoms with Gasteiger partial charge in [0.05, 0.1) is 0 Å². The molecule has 0 N–H and O–H groups in total. The molecular formula is C14H28N2. The molecule has 2 fully saturated rings. The molecule has 0 radical (unpaired) electrons. The van der Waals surface area contributed by atoms with Gasteiger partial charge < -0.3 is 9.80 Å². The van der Waals surface area contributed by atoms with E-state index in [4.69, 9.17) is 0 Å². The molecule has 0 unspecified atom stereocenters. The Hall–Kier alpha value is -0.0800. The summed E-state index contributed by atoms with van der Waals surface area (Å²) in [5, 5.41) is 0. The molecule has 16 heavy (non-hydrogen) atoms. The van der Waals surface area contributed by atoms with Crippen molar-refractivity contribution in [2.45, 2.75) is 40.0 Å². The highest BCUT2D eigenvalue weighted by atomic mass is 15.2. The molecule has 1 aliphatic carbocycles. The molecule has 0 aromatic rings. The van der Waals surface area contributed by atoms with E-state index in [1.165, 1.54) is 58.5 Å². The van der Waals surface area contributed by atoms with Crippen LogP contribution in [0.3, 0.4) is 0 Å². The largest absolute Gasteiger partial charge is 0.303 e. The van der Waals surface area contributed by atoms with Gasteiger partial charge in [0.25, 0.3) is 0 Å². The van der Waals surface area contributed by atoms with Crippen LogP contribution in [0.15, 0.2) is 0 Å². The van der Waals surface area contributed by atoms with Crippen LogP contribution in [0.25, 0.3) is 0 Å². The Morgan fingerprint density at radius 2 is 1.88 bits per heavy atom. The molecule has 0 atom stereocenters. The van der Waals surface area contributed by atoms with E-state index >= 15 is 0 Å². The first kappa shape index (κ1) is 12.4. The minimum Gasteiger partial charge on any atom is -0.303 e. The third kappa shape index (κ3) is 2.43. The van der Waals surface area contributed by atoms with Crippen molar-refractivity contribution in [1.29, 1.82) is 0 Å². The average Bonchev–Trinajstić information content (AvgIpc) is 2.18. The molecule has 2 rings (SSSR count). The lowest BCUT2D eigenvalue weighted by Gasteiger charge is -2.59. The summed E-state index contributed by atoms with van der Waals surface area (Å²) in [4.78, 5) is 5.22. The minimum absolute atomic E-state index is 0.770. The monoisotopic (exact) mass is 224 g/mol. The van der Waals surface area contributed by atoms with E-state index in [0.29, 0.717) is 0 Å². The molecule has 0 bridgehead atoms. The van der Waals surface area contributed by atoms with Crippen LogP contribution in [0.5, 0.6) is 0 Å². The molecular weight excluding hydrogens is 196 g/mol. The van der Waals surface area contributed by atoms with Crippen LogP contribution in [0.2, 0.25) is 0 Å². The second-order valence-electron chi connectivity index (χ2n) is 5.97. The third-order valence-electron chi connectivity index (χ3n) is 4.51. The molecule has 1 spiro atoms. The smallest absolute Gasteiger partial charge is 0.00506 e. The fourth-order valence-corrected chi connectivity index (χ4v) is 3.74. The van der Waals surface area contributed by atoms with Crippen molar-refractivity contribution in [2.75, 3.05) is 39.3 Å². The van der Waals surface area contributed by atoms with Gasteiger partial charge in [0.1, 0.15) is 0 Å². The van der Waals surface area contributed by atoms with Crippen molar-refractivity contribution in [3.05, 3.63) is 0 Å². The van der Waals surface area contributed by atoms with Gasteiger partial charge in [-0.3, -0.25) is 0 Å². The summed E-state index contributed by atoms with van der Waals surface area (Å²) in [5.74, 6) is 1.01. The van der Waals surface area contributed by atoms with Gasteiger partial charge in [0.2, 0.25) is 0 Å². The van der Waals surface area contributed by atoms with Gasteiger partial charge in [-0.25, -0.2) is 0 Å². The predicted octanol–water partition coefficient (Wildman–Crippen LogP) is 2.45. The van der Waals surface area contributed by atoms with Crippen LogP contribution in [-0.4, -0.2) is 49.1 Å². The van der Waals surface area contributed by atoms with Crippen LogP contribution in [0.4, 0.5) is 0 Å². The Morgan fingerprint density at radius 3 is 2.38 bits per heavy atom. The molecule has 0 aromatic carbocycles. The predicted molar refractivity (Wildman–Crippen MR) is 69.7 cm³/mol. The summed E-state index contributed by atoms with van der Waals surface area (Å²) in [6, 6.07) is 0. The third-order valence-corrected chi connectivity index (χ3v) is 4.51. The normalized spacial score (nSPS) is 24.8.